The zero-order valence-corrected chi connectivity index (χ0v) is 33.0. The molecule has 0 unspecified atom stereocenters. The second-order valence-electron chi connectivity index (χ2n) is 15.4. The minimum Gasteiger partial charge on any atom is -0.310 e. The molecule has 0 fully saturated rings. The highest BCUT2D eigenvalue weighted by Gasteiger charge is 2.41. The average Bonchev–Trinajstić information content (AvgIpc) is 3.81. The van der Waals surface area contributed by atoms with Gasteiger partial charge in [0.25, 0.3) is 0 Å². The Hall–Kier alpha value is -7.00. The van der Waals surface area contributed by atoms with E-state index in [2.05, 4.69) is 230 Å². The van der Waals surface area contributed by atoms with Crippen LogP contribution in [0.2, 0.25) is 0 Å². The first kappa shape index (κ1) is 34.3. The lowest BCUT2D eigenvalue weighted by Gasteiger charge is -2.29. The maximum Gasteiger partial charge on any atom is 0.0467 e. The first-order valence-corrected chi connectivity index (χ1v) is 20.8. The summed E-state index contributed by atoms with van der Waals surface area (Å²) >= 11 is 1.90. The van der Waals surface area contributed by atoms with E-state index < -0.39 is 0 Å². The topological polar surface area (TPSA) is 3.24 Å². The fraction of sp³-hybridized carbons (Fsp3) is 0.0357. The van der Waals surface area contributed by atoms with Crippen LogP contribution in [-0.4, -0.2) is 0 Å². The molecule has 0 atom stereocenters. The molecule has 58 heavy (non-hydrogen) atoms. The Kier molecular flexibility index (Phi) is 8.20. The van der Waals surface area contributed by atoms with E-state index in [0.29, 0.717) is 0 Å². The van der Waals surface area contributed by atoms with Gasteiger partial charge in [0.1, 0.15) is 0 Å². The highest BCUT2D eigenvalue weighted by atomic mass is 32.1. The van der Waals surface area contributed by atoms with E-state index in [1.807, 2.05) is 11.3 Å². The van der Waals surface area contributed by atoms with Gasteiger partial charge in [-0.2, -0.15) is 0 Å². The van der Waals surface area contributed by atoms with E-state index in [-0.39, 0.29) is 5.41 Å². The average molecular weight is 758 g/mol. The number of benzene rings is 9. The van der Waals surface area contributed by atoms with Gasteiger partial charge in [-0.3, -0.25) is 0 Å². The SMILES string of the molecule is CC1(c2cc(-c3ccc(N(c4ccc(-c5ccccc5)cc4)c4cccc(-c5ccccc5)c4)cc3)c3sc4ccccc4c3c2)c2ccccc2-c2ccccc21. The molecule has 11 rings (SSSR count). The van der Waals surface area contributed by atoms with Crippen molar-refractivity contribution in [3.8, 4) is 44.5 Å². The largest absolute Gasteiger partial charge is 0.310 e. The summed E-state index contributed by atoms with van der Waals surface area (Å²) in [6.07, 6.45) is 0. The lowest BCUT2D eigenvalue weighted by atomic mass is 9.73. The van der Waals surface area contributed by atoms with Gasteiger partial charge < -0.3 is 4.90 Å². The summed E-state index contributed by atoms with van der Waals surface area (Å²) in [7, 11) is 0. The molecule has 1 aliphatic carbocycles. The lowest BCUT2D eigenvalue weighted by molar-refractivity contribution is 0.715. The van der Waals surface area contributed by atoms with E-state index in [1.165, 1.54) is 81.4 Å². The van der Waals surface area contributed by atoms with Crippen molar-refractivity contribution in [2.24, 2.45) is 0 Å². The predicted molar refractivity (Wildman–Crippen MR) is 248 cm³/mol. The zero-order valence-electron chi connectivity index (χ0n) is 32.1. The molecule has 0 N–H and O–H groups in total. The molecular weight excluding hydrogens is 719 g/mol. The van der Waals surface area contributed by atoms with Gasteiger partial charge >= 0.3 is 0 Å². The number of hydrogen-bond acceptors (Lipinski definition) is 2. The molecule has 0 spiro atoms. The van der Waals surface area contributed by atoms with Crippen molar-refractivity contribution in [3.05, 3.63) is 235 Å². The molecule has 1 aromatic heterocycles. The molecule has 0 saturated heterocycles. The van der Waals surface area contributed by atoms with Crippen LogP contribution < -0.4 is 4.90 Å². The molecule has 9 aromatic carbocycles. The molecule has 1 heterocycles. The summed E-state index contributed by atoms with van der Waals surface area (Å²) in [5.74, 6) is 0. The van der Waals surface area contributed by atoms with Crippen molar-refractivity contribution >= 4 is 48.6 Å². The summed E-state index contributed by atoms with van der Waals surface area (Å²) < 4.78 is 2.64. The van der Waals surface area contributed by atoms with Gasteiger partial charge in [-0.05, 0) is 123 Å². The molecule has 0 bridgehead atoms. The molecule has 0 aliphatic heterocycles. The Bertz CT molecular complexity index is 3060. The van der Waals surface area contributed by atoms with Gasteiger partial charge in [0.2, 0.25) is 0 Å². The minimum absolute atomic E-state index is 0.300. The minimum atomic E-state index is -0.300. The number of thiophene rings is 1. The van der Waals surface area contributed by atoms with Crippen molar-refractivity contribution in [3.63, 3.8) is 0 Å². The van der Waals surface area contributed by atoms with Crippen molar-refractivity contribution in [1.29, 1.82) is 0 Å². The van der Waals surface area contributed by atoms with Crippen LogP contribution in [-0.2, 0) is 5.41 Å². The van der Waals surface area contributed by atoms with Crippen LogP contribution in [0.25, 0.3) is 64.7 Å². The summed E-state index contributed by atoms with van der Waals surface area (Å²) in [5.41, 5.74) is 17.0. The maximum absolute atomic E-state index is 2.48. The molecule has 1 aliphatic rings. The Morgan fingerprint density at radius 2 is 0.879 bits per heavy atom. The van der Waals surface area contributed by atoms with Gasteiger partial charge in [0.05, 0.1) is 0 Å². The van der Waals surface area contributed by atoms with Gasteiger partial charge in [-0.15, -0.1) is 11.3 Å². The quantitative estimate of drug-likeness (QED) is 0.156. The fourth-order valence-electron chi connectivity index (χ4n) is 9.22. The standard InChI is InChI=1S/C56H39NS/c1-56(52-24-11-8-21-47(52)48-22-9-12-25-53(48)56)43-36-50(55-51(37-43)49-23-10-13-26-54(49)58-55)41-29-33-45(34-30-41)57(44-31-27-40(28-32-44)38-15-4-2-5-16-38)46-20-14-19-42(35-46)39-17-6-3-7-18-39/h2-37H,1H3. The molecule has 0 saturated carbocycles. The number of fused-ring (bicyclic) bond motifs is 6. The van der Waals surface area contributed by atoms with Crippen LogP contribution in [0.15, 0.2) is 218 Å². The van der Waals surface area contributed by atoms with Crippen molar-refractivity contribution in [2.75, 3.05) is 4.90 Å². The highest BCUT2D eigenvalue weighted by molar-refractivity contribution is 7.26. The Balaban J connectivity index is 1.07. The van der Waals surface area contributed by atoms with Gasteiger partial charge in [0.15, 0.2) is 0 Å². The number of anilines is 3. The van der Waals surface area contributed by atoms with Crippen molar-refractivity contribution < 1.29 is 0 Å². The normalized spacial score (nSPS) is 12.7. The van der Waals surface area contributed by atoms with Crippen LogP contribution in [0.1, 0.15) is 23.6 Å². The first-order chi connectivity index (χ1) is 28.6. The molecular formula is C56H39NS. The number of hydrogen-bond donors (Lipinski definition) is 0. The van der Waals surface area contributed by atoms with Crippen molar-refractivity contribution in [1.82, 2.24) is 0 Å². The van der Waals surface area contributed by atoms with E-state index in [1.54, 1.807) is 0 Å². The third-order valence-electron chi connectivity index (χ3n) is 12.2. The van der Waals surface area contributed by atoms with E-state index in [0.717, 1.165) is 17.1 Å². The monoisotopic (exact) mass is 757 g/mol. The van der Waals surface area contributed by atoms with E-state index in [4.69, 9.17) is 0 Å². The Morgan fingerprint density at radius 1 is 0.362 bits per heavy atom. The summed E-state index contributed by atoms with van der Waals surface area (Å²) in [5, 5.41) is 2.63. The van der Waals surface area contributed by atoms with Crippen LogP contribution in [0, 0.1) is 0 Å². The molecule has 10 aromatic rings. The second-order valence-corrected chi connectivity index (χ2v) is 16.5. The lowest BCUT2D eigenvalue weighted by Crippen LogP contribution is -2.22. The molecule has 0 radical (unpaired) electrons. The summed E-state index contributed by atoms with van der Waals surface area (Å²) in [6.45, 7) is 2.42. The van der Waals surface area contributed by atoms with E-state index in [9.17, 15) is 0 Å². The van der Waals surface area contributed by atoms with Gasteiger partial charge in [-0.1, -0.05) is 164 Å². The Morgan fingerprint density at radius 3 is 1.53 bits per heavy atom. The Labute approximate surface area is 343 Å². The van der Waals surface area contributed by atoms with Crippen LogP contribution in [0.4, 0.5) is 17.1 Å². The van der Waals surface area contributed by atoms with Crippen LogP contribution in [0.5, 0.6) is 0 Å². The number of rotatable bonds is 7. The smallest absolute Gasteiger partial charge is 0.0467 e. The summed E-state index contributed by atoms with van der Waals surface area (Å²) in [4.78, 5) is 2.38. The fourth-order valence-corrected chi connectivity index (χ4v) is 10.4. The molecule has 0 amide bonds. The molecule has 274 valence electrons. The van der Waals surface area contributed by atoms with Crippen LogP contribution >= 0.6 is 11.3 Å². The predicted octanol–water partition coefficient (Wildman–Crippen LogP) is 15.9. The second kappa shape index (κ2) is 13.9. The third-order valence-corrected chi connectivity index (χ3v) is 13.4. The van der Waals surface area contributed by atoms with Crippen LogP contribution in [0.3, 0.4) is 0 Å². The van der Waals surface area contributed by atoms with Gasteiger partial charge in [-0.25, -0.2) is 0 Å². The molecule has 1 nitrogen and oxygen atoms in total. The van der Waals surface area contributed by atoms with E-state index >= 15 is 0 Å². The molecule has 2 heteroatoms. The maximum atomic E-state index is 2.48. The number of nitrogens with zero attached hydrogens (tertiary/aromatic N) is 1. The van der Waals surface area contributed by atoms with Crippen molar-refractivity contribution in [2.45, 2.75) is 12.3 Å². The van der Waals surface area contributed by atoms with Gasteiger partial charge in [0, 0.05) is 42.6 Å². The highest BCUT2D eigenvalue weighted by Crippen LogP contribution is 2.54. The summed E-state index contributed by atoms with van der Waals surface area (Å²) in [6, 6.07) is 80.1. The first-order valence-electron chi connectivity index (χ1n) is 20.0. The zero-order chi connectivity index (χ0) is 38.6. The third kappa shape index (κ3) is 5.60.